The van der Waals surface area contributed by atoms with Gasteiger partial charge in [-0.2, -0.15) is 15.8 Å². The molecular weight excluding hydrogens is 406 g/mol. The second-order valence-electron chi connectivity index (χ2n) is 7.86. The first-order valence-corrected chi connectivity index (χ1v) is 10.4. The standard InChI is InChI=1S/C24H25N5O3/c1-4-9-32-20-6-5-16(10-21(20)31-3)22-19-12-29(15(2)30)8-7-17(19)18(11-25)23(28)24(22,13-26)14-27/h5-7,10,19,22H,4,8-9,12,28H2,1-3H3/t19?,22-/m1/s1. The number of rotatable bonds is 5. The molecular formula is C24H25N5O3. The second kappa shape index (κ2) is 9.04. The smallest absolute Gasteiger partial charge is 0.219 e. The normalized spacial score (nSPS) is 21.4. The maximum absolute atomic E-state index is 12.1. The van der Waals surface area contributed by atoms with Crippen molar-refractivity contribution in [2.75, 3.05) is 26.8 Å². The number of ether oxygens (including phenoxy) is 2. The molecule has 8 nitrogen and oxygen atoms in total. The average Bonchev–Trinajstić information content (AvgIpc) is 2.81. The third-order valence-electron chi connectivity index (χ3n) is 6.12. The summed E-state index contributed by atoms with van der Waals surface area (Å²) < 4.78 is 11.2. The minimum atomic E-state index is -1.77. The molecule has 2 aliphatic rings. The van der Waals surface area contributed by atoms with Crippen molar-refractivity contribution in [3.63, 3.8) is 0 Å². The molecule has 2 N–H and O–H groups in total. The maximum Gasteiger partial charge on any atom is 0.219 e. The predicted octanol–water partition coefficient (Wildman–Crippen LogP) is 2.76. The van der Waals surface area contributed by atoms with Gasteiger partial charge >= 0.3 is 0 Å². The summed E-state index contributed by atoms with van der Waals surface area (Å²) in [6.07, 6.45) is 2.62. The molecule has 32 heavy (non-hydrogen) atoms. The minimum Gasteiger partial charge on any atom is -0.493 e. The first kappa shape index (κ1) is 22.7. The Morgan fingerprint density at radius 3 is 2.56 bits per heavy atom. The van der Waals surface area contributed by atoms with Gasteiger partial charge in [-0.05, 0) is 29.7 Å². The Morgan fingerprint density at radius 1 is 1.28 bits per heavy atom. The van der Waals surface area contributed by atoms with Gasteiger partial charge in [0.2, 0.25) is 5.91 Å². The van der Waals surface area contributed by atoms with Crippen molar-refractivity contribution in [2.24, 2.45) is 17.1 Å². The quantitative estimate of drug-likeness (QED) is 0.757. The molecule has 1 heterocycles. The minimum absolute atomic E-state index is 0.0564. The van der Waals surface area contributed by atoms with Crippen molar-refractivity contribution in [1.29, 1.82) is 15.8 Å². The summed E-state index contributed by atoms with van der Waals surface area (Å²) >= 11 is 0. The van der Waals surface area contributed by atoms with Crippen molar-refractivity contribution in [3.8, 4) is 29.7 Å². The number of nitrogens with two attached hydrogens (primary N) is 1. The number of allylic oxidation sites excluding steroid dienone is 2. The van der Waals surface area contributed by atoms with Crippen LogP contribution in [0.3, 0.4) is 0 Å². The Bertz CT molecular complexity index is 1100. The molecule has 1 aliphatic carbocycles. The van der Waals surface area contributed by atoms with Gasteiger partial charge in [0.15, 0.2) is 16.9 Å². The monoisotopic (exact) mass is 431 g/mol. The van der Waals surface area contributed by atoms with E-state index in [1.165, 1.54) is 14.0 Å². The van der Waals surface area contributed by atoms with Gasteiger partial charge in [0, 0.05) is 31.8 Å². The summed E-state index contributed by atoms with van der Waals surface area (Å²) in [5, 5.41) is 30.1. The number of benzene rings is 1. The lowest BCUT2D eigenvalue weighted by atomic mass is 9.58. The molecule has 0 saturated heterocycles. The highest BCUT2D eigenvalue weighted by atomic mass is 16.5. The highest BCUT2D eigenvalue weighted by Crippen LogP contribution is 2.54. The lowest BCUT2D eigenvalue weighted by molar-refractivity contribution is -0.129. The van der Waals surface area contributed by atoms with Gasteiger partial charge in [-0.3, -0.25) is 4.79 Å². The van der Waals surface area contributed by atoms with Crippen LogP contribution in [0.2, 0.25) is 0 Å². The molecule has 164 valence electrons. The van der Waals surface area contributed by atoms with Gasteiger partial charge < -0.3 is 20.1 Å². The van der Waals surface area contributed by atoms with E-state index in [1.807, 2.05) is 6.92 Å². The Kier molecular flexibility index (Phi) is 6.42. The fourth-order valence-electron chi connectivity index (χ4n) is 4.52. The van der Waals surface area contributed by atoms with Crippen LogP contribution < -0.4 is 15.2 Å². The van der Waals surface area contributed by atoms with E-state index in [0.29, 0.717) is 35.8 Å². The zero-order chi connectivity index (χ0) is 23.5. The number of carbonyl (C=O) groups excluding carboxylic acids is 1. The van der Waals surface area contributed by atoms with Gasteiger partial charge in [-0.25, -0.2) is 0 Å². The SMILES string of the molecule is CCCOc1ccc([C@@H]2C3CN(C(C)=O)CC=C3C(C#N)=C(N)C2(C#N)C#N)cc1OC. The van der Waals surface area contributed by atoms with E-state index in [2.05, 4.69) is 18.2 Å². The number of nitrogens with zero attached hydrogens (tertiary/aromatic N) is 4. The fourth-order valence-corrected chi connectivity index (χ4v) is 4.52. The van der Waals surface area contributed by atoms with E-state index in [1.54, 1.807) is 29.2 Å². The van der Waals surface area contributed by atoms with Gasteiger partial charge in [-0.15, -0.1) is 0 Å². The molecule has 1 amide bonds. The summed E-state index contributed by atoms with van der Waals surface area (Å²) in [4.78, 5) is 13.7. The second-order valence-corrected chi connectivity index (χ2v) is 7.86. The van der Waals surface area contributed by atoms with E-state index in [-0.39, 0.29) is 23.7 Å². The molecule has 0 saturated carbocycles. The third kappa shape index (κ3) is 3.53. The van der Waals surface area contributed by atoms with E-state index >= 15 is 0 Å². The number of methoxy groups -OCH3 is 1. The van der Waals surface area contributed by atoms with Gasteiger partial charge in [0.25, 0.3) is 0 Å². The van der Waals surface area contributed by atoms with Crippen LogP contribution in [-0.2, 0) is 4.79 Å². The first-order chi connectivity index (χ1) is 15.4. The van der Waals surface area contributed by atoms with Crippen molar-refractivity contribution >= 4 is 5.91 Å². The summed E-state index contributed by atoms with van der Waals surface area (Å²) in [5.41, 5.74) is 5.95. The summed E-state index contributed by atoms with van der Waals surface area (Å²) in [5.74, 6) is -0.266. The zero-order valence-electron chi connectivity index (χ0n) is 18.4. The summed E-state index contributed by atoms with van der Waals surface area (Å²) in [6, 6.07) is 11.6. The van der Waals surface area contributed by atoms with Crippen LogP contribution >= 0.6 is 0 Å². The maximum atomic E-state index is 12.1. The average molecular weight is 431 g/mol. The van der Waals surface area contributed by atoms with Crippen LogP contribution in [0.15, 0.2) is 41.1 Å². The number of hydrogen-bond acceptors (Lipinski definition) is 7. The van der Waals surface area contributed by atoms with Gasteiger partial charge in [0.05, 0.1) is 37.1 Å². The van der Waals surface area contributed by atoms with Crippen molar-refractivity contribution in [2.45, 2.75) is 26.2 Å². The molecule has 0 fully saturated rings. The van der Waals surface area contributed by atoms with Crippen LogP contribution in [0.4, 0.5) is 0 Å². The van der Waals surface area contributed by atoms with Gasteiger partial charge in [-0.1, -0.05) is 19.1 Å². The highest BCUT2D eigenvalue weighted by molar-refractivity contribution is 5.74. The topological polar surface area (TPSA) is 136 Å². The van der Waals surface area contributed by atoms with Crippen LogP contribution in [-0.4, -0.2) is 37.6 Å². The van der Waals surface area contributed by atoms with Crippen molar-refractivity contribution in [1.82, 2.24) is 4.90 Å². The molecule has 1 unspecified atom stereocenters. The number of fused-ring (bicyclic) bond motifs is 1. The molecule has 1 aromatic rings. The summed E-state index contributed by atoms with van der Waals surface area (Å²) in [6.45, 7) is 4.59. The molecule has 2 atom stereocenters. The molecule has 0 bridgehead atoms. The lowest BCUT2D eigenvalue weighted by Gasteiger charge is -2.45. The largest absolute Gasteiger partial charge is 0.493 e. The number of nitriles is 3. The first-order valence-electron chi connectivity index (χ1n) is 10.4. The van der Waals surface area contributed by atoms with Crippen LogP contribution in [0.1, 0.15) is 31.7 Å². The van der Waals surface area contributed by atoms with E-state index in [9.17, 15) is 20.6 Å². The Balaban J connectivity index is 2.25. The molecule has 3 rings (SSSR count). The Hall–Kier alpha value is -3.96. The number of carbonyl (C=O) groups is 1. The van der Waals surface area contributed by atoms with Crippen LogP contribution in [0.5, 0.6) is 11.5 Å². The summed E-state index contributed by atoms with van der Waals surface area (Å²) in [7, 11) is 1.52. The number of amides is 1. The fraction of sp³-hybridized carbons (Fsp3) is 0.417. The molecule has 1 aliphatic heterocycles. The molecule has 0 radical (unpaired) electrons. The lowest BCUT2D eigenvalue weighted by Crippen LogP contribution is -2.48. The molecule has 8 heteroatoms. The third-order valence-corrected chi connectivity index (χ3v) is 6.12. The van der Waals surface area contributed by atoms with Crippen molar-refractivity contribution < 1.29 is 14.3 Å². The molecule has 0 spiro atoms. The Labute approximate surface area is 187 Å². The van der Waals surface area contributed by atoms with Crippen LogP contribution in [0.25, 0.3) is 0 Å². The van der Waals surface area contributed by atoms with E-state index < -0.39 is 17.3 Å². The zero-order valence-corrected chi connectivity index (χ0v) is 18.4. The predicted molar refractivity (Wildman–Crippen MR) is 116 cm³/mol. The van der Waals surface area contributed by atoms with Crippen molar-refractivity contribution in [3.05, 3.63) is 46.7 Å². The van der Waals surface area contributed by atoms with E-state index in [4.69, 9.17) is 15.2 Å². The van der Waals surface area contributed by atoms with Crippen LogP contribution in [0, 0.1) is 45.3 Å². The van der Waals surface area contributed by atoms with E-state index in [0.717, 1.165) is 6.42 Å². The number of hydrogen-bond donors (Lipinski definition) is 1. The Morgan fingerprint density at radius 2 is 2.00 bits per heavy atom. The molecule has 1 aromatic carbocycles. The van der Waals surface area contributed by atoms with Gasteiger partial charge in [0.1, 0.15) is 6.07 Å². The molecule has 0 aromatic heterocycles. The highest BCUT2D eigenvalue weighted by Gasteiger charge is 2.54.